The van der Waals surface area contributed by atoms with E-state index >= 15 is 0 Å². The Morgan fingerprint density at radius 1 is 1.16 bits per heavy atom. The molecule has 0 radical (unpaired) electrons. The molecule has 0 spiro atoms. The average molecular weight is 458 g/mol. The number of hydrogen-bond donors (Lipinski definition) is 1. The van der Waals surface area contributed by atoms with Crippen molar-refractivity contribution >= 4 is 42.5 Å². The van der Waals surface area contributed by atoms with Crippen LogP contribution in [-0.4, -0.2) is 43.1 Å². The number of piperidine rings is 1. The molecule has 3 aromatic rings. The van der Waals surface area contributed by atoms with Gasteiger partial charge < -0.3 is 5.32 Å². The zero-order valence-corrected chi connectivity index (χ0v) is 19.6. The lowest BCUT2D eigenvalue weighted by molar-refractivity contribution is 0.101. The Bertz CT molecular complexity index is 1210. The van der Waals surface area contributed by atoms with Crippen LogP contribution in [-0.2, 0) is 10.0 Å². The van der Waals surface area contributed by atoms with Crippen molar-refractivity contribution in [2.75, 3.05) is 25.0 Å². The minimum Gasteiger partial charge on any atom is -0.354 e. The van der Waals surface area contributed by atoms with Crippen LogP contribution in [0.3, 0.4) is 0 Å². The number of carbonyl (C=O) groups excluding carboxylic acids is 1. The number of fused-ring (bicyclic) bond motifs is 1. The van der Waals surface area contributed by atoms with Gasteiger partial charge in [-0.3, -0.25) is 4.79 Å². The number of aryl methyl sites for hydroxylation is 2. The Morgan fingerprint density at radius 2 is 1.84 bits per heavy atom. The van der Waals surface area contributed by atoms with Crippen LogP contribution in [0.15, 0.2) is 41.3 Å². The van der Waals surface area contributed by atoms with Crippen molar-refractivity contribution < 1.29 is 13.2 Å². The topological polar surface area (TPSA) is 79.4 Å². The van der Waals surface area contributed by atoms with Gasteiger partial charge in [-0.2, -0.15) is 4.31 Å². The van der Waals surface area contributed by atoms with E-state index in [1.165, 1.54) is 29.0 Å². The maximum absolute atomic E-state index is 12.8. The number of benzene rings is 2. The number of hydrogen-bond acceptors (Lipinski definition) is 6. The van der Waals surface area contributed by atoms with E-state index in [1.807, 2.05) is 6.92 Å². The smallest absolute Gasteiger partial charge is 0.243 e. The molecular weight excluding hydrogens is 430 g/mol. The van der Waals surface area contributed by atoms with Crippen molar-refractivity contribution in [3.05, 3.63) is 53.1 Å². The van der Waals surface area contributed by atoms with E-state index < -0.39 is 10.0 Å². The summed E-state index contributed by atoms with van der Waals surface area (Å²) in [6.45, 7) is 7.44. The van der Waals surface area contributed by atoms with Crippen molar-refractivity contribution in [1.82, 2.24) is 9.29 Å². The molecule has 8 heteroatoms. The Balaban J connectivity index is 1.42. The standard InChI is InChI=1S/C23H27N3O3S2/c1-15-8-10-26(11-9-15)31(28,29)19-6-4-18(5-7-19)20(27)14-24-23-25-22-17(3)12-16(2)13-21(22)30-23/h4-7,12-13,15H,8-11,14H2,1-3H3,(H,24,25). The molecule has 0 saturated carbocycles. The summed E-state index contributed by atoms with van der Waals surface area (Å²) in [6, 6.07) is 10.4. The summed E-state index contributed by atoms with van der Waals surface area (Å²) in [4.78, 5) is 17.4. The first-order chi connectivity index (χ1) is 14.7. The molecule has 1 aliphatic heterocycles. The number of nitrogens with zero attached hydrogens (tertiary/aromatic N) is 2. The highest BCUT2D eigenvalue weighted by molar-refractivity contribution is 7.89. The number of thiazole rings is 1. The molecule has 0 unspecified atom stereocenters. The second-order valence-corrected chi connectivity index (χ2v) is 11.3. The first-order valence-corrected chi connectivity index (χ1v) is 12.7. The van der Waals surface area contributed by atoms with Crippen LogP contribution in [0.5, 0.6) is 0 Å². The zero-order valence-electron chi connectivity index (χ0n) is 18.0. The van der Waals surface area contributed by atoms with Crippen molar-refractivity contribution in [3.8, 4) is 0 Å². The van der Waals surface area contributed by atoms with Crippen LogP contribution in [0, 0.1) is 19.8 Å². The lowest BCUT2D eigenvalue weighted by atomic mass is 10.0. The summed E-state index contributed by atoms with van der Waals surface area (Å²) >= 11 is 1.53. The van der Waals surface area contributed by atoms with Crippen molar-refractivity contribution in [1.29, 1.82) is 0 Å². The largest absolute Gasteiger partial charge is 0.354 e. The maximum Gasteiger partial charge on any atom is 0.243 e. The second-order valence-electron chi connectivity index (χ2n) is 8.34. The Kier molecular flexibility index (Phi) is 6.14. The van der Waals surface area contributed by atoms with E-state index in [9.17, 15) is 13.2 Å². The number of anilines is 1. The number of ketones is 1. The molecule has 31 heavy (non-hydrogen) atoms. The van der Waals surface area contributed by atoms with Gasteiger partial charge in [0, 0.05) is 18.7 Å². The lowest BCUT2D eigenvalue weighted by Gasteiger charge is -2.29. The predicted molar refractivity (Wildman–Crippen MR) is 126 cm³/mol. The molecule has 4 rings (SSSR count). The fourth-order valence-electron chi connectivity index (χ4n) is 3.89. The van der Waals surface area contributed by atoms with Crippen LogP contribution in [0.1, 0.15) is 41.3 Å². The van der Waals surface area contributed by atoms with Crippen LogP contribution >= 0.6 is 11.3 Å². The van der Waals surface area contributed by atoms with Gasteiger partial charge in [0.1, 0.15) is 0 Å². The predicted octanol–water partition coefficient (Wildman–Crippen LogP) is 4.63. The molecule has 2 heterocycles. The molecule has 1 saturated heterocycles. The second kappa shape index (κ2) is 8.68. The fourth-order valence-corrected chi connectivity index (χ4v) is 6.40. The van der Waals surface area contributed by atoms with Gasteiger partial charge in [-0.1, -0.05) is 24.3 Å². The van der Waals surface area contributed by atoms with Gasteiger partial charge in [0.25, 0.3) is 0 Å². The summed E-state index contributed by atoms with van der Waals surface area (Å²) < 4.78 is 28.3. The van der Waals surface area contributed by atoms with Crippen LogP contribution in [0.25, 0.3) is 10.2 Å². The maximum atomic E-state index is 12.8. The summed E-state index contributed by atoms with van der Waals surface area (Å²) in [6.07, 6.45) is 1.76. The Morgan fingerprint density at radius 3 is 2.52 bits per heavy atom. The molecule has 2 aromatic carbocycles. The lowest BCUT2D eigenvalue weighted by Crippen LogP contribution is -2.37. The van der Waals surface area contributed by atoms with Crippen LogP contribution in [0.2, 0.25) is 0 Å². The molecule has 6 nitrogen and oxygen atoms in total. The summed E-state index contributed by atoms with van der Waals surface area (Å²) in [5.41, 5.74) is 3.73. The third kappa shape index (κ3) is 4.66. The molecule has 1 aromatic heterocycles. The molecule has 0 bridgehead atoms. The third-order valence-electron chi connectivity index (χ3n) is 5.79. The first-order valence-electron chi connectivity index (χ1n) is 10.5. The quantitative estimate of drug-likeness (QED) is 0.546. The Labute approximate surface area is 187 Å². The number of nitrogens with one attached hydrogen (secondary N) is 1. The van der Waals surface area contributed by atoms with Gasteiger partial charge in [0.05, 0.1) is 21.7 Å². The minimum atomic E-state index is -3.51. The van der Waals surface area contributed by atoms with E-state index in [-0.39, 0.29) is 17.2 Å². The third-order valence-corrected chi connectivity index (χ3v) is 8.66. The van der Waals surface area contributed by atoms with Gasteiger partial charge in [-0.05, 0) is 74.1 Å². The monoisotopic (exact) mass is 457 g/mol. The van der Waals surface area contributed by atoms with E-state index in [4.69, 9.17) is 0 Å². The normalized spacial score (nSPS) is 16.0. The molecule has 0 atom stereocenters. The Hall–Kier alpha value is -2.29. The van der Waals surface area contributed by atoms with Gasteiger partial charge in [0.2, 0.25) is 10.0 Å². The number of rotatable bonds is 6. The first kappa shape index (κ1) is 21.9. The van der Waals surface area contributed by atoms with E-state index in [1.54, 1.807) is 16.4 Å². The molecule has 0 amide bonds. The van der Waals surface area contributed by atoms with E-state index in [0.29, 0.717) is 29.7 Å². The van der Waals surface area contributed by atoms with Crippen molar-refractivity contribution in [3.63, 3.8) is 0 Å². The highest BCUT2D eigenvalue weighted by Gasteiger charge is 2.28. The SMILES string of the molecule is Cc1cc(C)c2nc(NCC(=O)c3ccc(S(=O)(=O)N4CCC(C)CC4)cc3)sc2c1. The van der Waals surface area contributed by atoms with E-state index in [0.717, 1.165) is 28.6 Å². The van der Waals surface area contributed by atoms with Gasteiger partial charge in [0.15, 0.2) is 10.9 Å². The fraction of sp³-hybridized carbons (Fsp3) is 0.391. The zero-order chi connectivity index (χ0) is 22.2. The minimum absolute atomic E-state index is 0.105. The molecule has 1 N–H and O–H groups in total. The summed E-state index contributed by atoms with van der Waals surface area (Å²) in [5, 5.41) is 3.82. The number of Topliss-reactive ketones (excluding diaryl/α,β-unsaturated/α-hetero) is 1. The summed E-state index contributed by atoms with van der Waals surface area (Å²) in [5.74, 6) is 0.449. The highest BCUT2D eigenvalue weighted by Crippen LogP contribution is 2.29. The van der Waals surface area contributed by atoms with Crippen LogP contribution < -0.4 is 5.32 Å². The van der Waals surface area contributed by atoms with Gasteiger partial charge in [-0.15, -0.1) is 0 Å². The average Bonchev–Trinajstić information content (AvgIpc) is 3.15. The number of aromatic nitrogens is 1. The van der Waals surface area contributed by atoms with Crippen molar-refractivity contribution in [2.45, 2.75) is 38.5 Å². The highest BCUT2D eigenvalue weighted by atomic mass is 32.2. The number of sulfonamides is 1. The number of carbonyl (C=O) groups is 1. The molecule has 1 fully saturated rings. The van der Waals surface area contributed by atoms with E-state index in [2.05, 4.69) is 36.3 Å². The van der Waals surface area contributed by atoms with Crippen LogP contribution in [0.4, 0.5) is 5.13 Å². The van der Waals surface area contributed by atoms with Gasteiger partial charge in [-0.25, -0.2) is 13.4 Å². The summed E-state index contributed by atoms with van der Waals surface area (Å²) in [7, 11) is -3.51. The van der Waals surface area contributed by atoms with Crippen molar-refractivity contribution in [2.24, 2.45) is 5.92 Å². The molecule has 1 aliphatic rings. The van der Waals surface area contributed by atoms with Gasteiger partial charge >= 0.3 is 0 Å². The molecule has 164 valence electrons. The molecule has 0 aliphatic carbocycles. The molecular formula is C23H27N3O3S2.